The fraction of sp³-hybridized carbons (Fsp3) is 0.474. The van der Waals surface area contributed by atoms with Crippen molar-refractivity contribution in [2.24, 2.45) is 0 Å². The van der Waals surface area contributed by atoms with Gasteiger partial charge >= 0.3 is 0 Å². The number of hydrogen-bond donors (Lipinski definition) is 1. The summed E-state index contributed by atoms with van der Waals surface area (Å²) >= 11 is 6.20. The third kappa shape index (κ3) is 4.93. The van der Waals surface area contributed by atoms with Crippen molar-refractivity contribution in [3.63, 3.8) is 0 Å². The van der Waals surface area contributed by atoms with Gasteiger partial charge in [-0.2, -0.15) is 0 Å². The maximum absolute atomic E-state index is 12.4. The van der Waals surface area contributed by atoms with Crippen LogP contribution in [0.15, 0.2) is 21.8 Å². The number of amides is 1. The van der Waals surface area contributed by atoms with Gasteiger partial charge in [0.2, 0.25) is 5.91 Å². The molecule has 0 saturated heterocycles. The Balaban J connectivity index is 1.66. The molecule has 1 amide bonds. The van der Waals surface area contributed by atoms with Crippen LogP contribution in [0.3, 0.4) is 0 Å². The van der Waals surface area contributed by atoms with E-state index in [0.29, 0.717) is 17.0 Å². The molecule has 1 N–H and O–H groups in total. The second-order valence-corrected chi connectivity index (χ2v) is 12.0. The minimum Gasteiger partial charge on any atom is -0.370 e. The molecule has 0 radical (unpaired) electrons. The van der Waals surface area contributed by atoms with Gasteiger partial charge in [0, 0.05) is 33.5 Å². The number of thiazole rings is 1. The lowest BCUT2D eigenvalue weighted by atomic mass is 9.95. The van der Waals surface area contributed by atoms with Crippen LogP contribution in [0, 0.1) is 0 Å². The first kappa shape index (κ1) is 21.0. The zero-order valence-electron chi connectivity index (χ0n) is 16.6. The van der Waals surface area contributed by atoms with Gasteiger partial charge in [0.05, 0.1) is 18.0 Å². The Morgan fingerprint density at radius 1 is 1.38 bits per heavy atom. The zero-order chi connectivity index (χ0) is 20.6. The normalized spacial score (nSPS) is 15.6. The van der Waals surface area contributed by atoms with Crippen molar-refractivity contribution >= 4 is 67.5 Å². The van der Waals surface area contributed by atoms with E-state index in [1.165, 1.54) is 33.5 Å². The largest absolute Gasteiger partial charge is 0.370 e. The lowest BCUT2D eigenvalue weighted by Crippen LogP contribution is -2.31. The van der Waals surface area contributed by atoms with Crippen LogP contribution in [0.2, 0.25) is 0 Å². The summed E-state index contributed by atoms with van der Waals surface area (Å²) in [7, 11) is 0. The van der Waals surface area contributed by atoms with E-state index in [1.54, 1.807) is 29.3 Å². The molecule has 1 aliphatic heterocycles. The summed E-state index contributed by atoms with van der Waals surface area (Å²) in [4.78, 5) is 28.3. The van der Waals surface area contributed by atoms with E-state index >= 15 is 0 Å². The molecule has 0 aromatic carbocycles. The fourth-order valence-electron chi connectivity index (χ4n) is 3.04. The summed E-state index contributed by atoms with van der Waals surface area (Å²) in [5, 5.41) is 8.40. The van der Waals surface area contributed by atoms with E-state index in [-0.39, 0.29) is 17.3 Å². The van der Waals surface area contributed by atoms with Crippen LogP contribution >= 0.6 is 46.2 Å². The number of carbonyl (C=O) groups excluding carboxylic acids is 1. The lowest BCUT2D eigenvalue weighted by Gasteiger charge is -2.30. The minimum absolute atomic E-state index is 0.0810. The van der Waals surface area contributed by atoms with Gasteiger partial charge in [0.25, 0.3) is 0 Å². The number of hydrogen-bond acceptors (Lipinski definition) is 9. The highest BCUT2D eigenvalue weighted by molar-refractivity contribution is 8.00. The number of rotatable bonds is 6. The second kappa shape index (κ2) is 8.50. The van der Waals surface area contributed by atoms with Crippen LogP contribution in [-0.4, -0.2) is 37.5 Å². The molecule has 4 rings (SSSR count). The van der Waals surface area contributed by atoms with E-state index < -0.39 is 0 Å². The van der Waals surface area contributed by atoms with Crippen LogP contribution in [0.4, 0.5) is 5.13 Å². The lowest BCUT2D eigenvalue weighted by molar-refractivity contribution is -0.113. The average molecular weight is 467 g/mol. The Morgan fingerprint density at radius 2 is 2.21 bits per heavy atom. The van der Waals surface area contributed by atoms with E-state index in [0.717, 1.165) is 26.8 Å². The van der Waals surface area contributed by atoms with Crippen LogP contribution in [-0.2, 0) is 22.6 Å². The van der Waals surface area contributed by atoms with E-state index in [1.807, 2.05) is 5.38 Å². The van der Waals surface area contributed by atoms with E-state index in [2.05, 4.69) is 38.0 Å². The molecule has 4 heterocycles. The maximum atomic E-state index is 12.4. The summed E-state index contributed by atoms with van der Waals surface area (Å²) in [6, 6.07) is 0. The average Bonchev–Trinajstić information content (AvgIpc) is 3.25. The molecule has 10 heteroatoms. The van der Waals surface area contributed by atoms with Gasteiger partial charge < -0.3 is 10.1 Å². The summed E-state index contributed by atoms with van der Waals surface area (Å²) in [6.07, 6.45) is 2.50. The van der Waals surface area contributed by atoms with Crippen LogP contribution in [0.1, 0.15) is 38.1 Å². The van der Waals surface area contributed by atoms with Gasteiger partial charge in [0.1, 0.15) is 9.86 Å². The minimum atomic E-state index is -0.212. The second-order valence-electron chi connectivity index (χ2n) is 7.56. The highest BCUT2D eigenvalue weighted by Crippen LogP contribution is 2.42. The van der Waals surface area contributed by atoms with Crippen molar-refractivity contribution in [1.29, 1.82) is 0 Å². The molecule has 0 spiro atoms. The van der Waals surface area contributed by atoms with Crippen molar-refractivity contribution in [3.8, 4) is 0 Å². The Hall–Kier alpha value is -1.20. The first-order valence-electron chi connectivity index (χ1n) is 9.26. The number of anilines is 1. The number of nitrogens with one attached hydrogen (secondary N) is 1. The van der Waals surface area contributed by atoms with Crippen LogP contribution in [0.5, 0.6) is 0 Å². The Morgan fingerprint density at radius 3 is 2.93 bits per heavy atom. The van der Waals surface area contributed by atoms with E-state index in [9.17, 15) is 4.79 Å². The standard InChI is InChI=1S/C19H22N4O2S4/c1-10(2)28-18-22-15(27-9-13(24)21-17-20-5-6-26-17)14-11-7-19(3,4)25-8-12(11)29-16(14)23-18/h5-6,10H,7-9H2,1-4H3,(H,20,21,24). The van der Waals surface area contributed by atoms with Crippen molar-refractivity contribution < 1.29 is 9.53 Å². The van der Waals surface area contributed by atoms with Gasteiger partial charge in [-0.15, -0.1) is 22.7 Å². The van der Waals surface area contributed by atoms with Gasteiger partial charge in [-0.05, 0) is 19.4 Å². The number of ether oxygens (including phenoxy) is 1. The predicted octanol–water partition coefficient (Wildman–Crippen LogP) is 5.23. The highest BCUT2D eigenvalue weighted by Gasteiger charge is 2.31. The molecule has 1 aliphatic rings. The molecular weight excluding hydrogens is 445 g/mol. The Bertz CT molecular complexity index is 1030. The Labute approximate surface area is 186 Å². The third-order valence-electron chi connectivity index (χ3n) is 4.24. The van der Waals surface area contributed by atoms with Crippen molar-refractivity contribution in [2.75, 3.05) is 11.1 Å². The molecule has 0 unspecified atom stereocenters. The summed E-state index contributed by atoms with van der Waals surface area (Å²) in [5.74, 6) is 0.199. The Kier molecular flexibility index (Phi) is 6.17. The van der Waals surface area contributed by atoms with Crippen LogP contribution in [0.25, 0.3) is 10.2 Å². The van der Waals surface area contributed by atoms with Crippen LogP contribution < -0.4 is 5.32 Å². The monoisotopic (exact) mass is 466 g/mol. The summed E-state index contributed by atoms with van der Waals surface area (Å²) in [6.45, 7) is 9.07. The first-order chi connectivity index (χ1) is 13.8. The number of nitrogens with zero attached hydrogens (tertiary/aromatic N) is 3. The molecular formula is C19H22N4O2S4. The summed E-state index contributed by atoms with van der Waals surface area (Å²) < 4.78 is 5.99. The van der Waals surface area contributed by atoms with Crippen molar-refractivity contribution in [1.82, 2.24) is 15.0 Å². The van der Waals surface area contributed by atoms with Crippen molar-refractivity contribution in [2.45, 2.75) is 61.8 Å². The fourth-order valence-corrected chi connectivity index (χ4v) is 6.43. The number of aromatic nitrogens is 3. The molecule has 3 aromatic heterocycles. The molecule has 154 valence electrons. The molecule has 6 nitrogen and oxygen atoms in total. The molecule has 0 atom stereocenters. The van der Waals surface area contributed by atoms with Gasteiger partial charge in [-0.3, -0.25) is 4.79 Å². The zero-order valence-corrected chi connectivity index (χ0v) is 19.9. The topological polar surface area (TPSA) is 77.0 Å². The molecule has 29 heavy (non-hydrogen) atoms. The SMILES string of the molecule is CC(C)Sc1nc(SCC(=O)Nc2nccs2)c2c3c(sc2n1)COC(C)(C)C3. The third-order valence-corrected chi connectivity index (χ3v) is 7.86. The maximum Gasteiger partial charge on any atom is 0.236 e. The summed E-state index contributed by atoms with van der Waals surface area (Å²) in [5.41, 5.74) is 1.06. The smallest absolute Gasteiger partial charge is 0.236 e. The van der Waals surface area contributed by atoms with E-state index in [4.69, 9.17) is 14.7 Å². The first-order valence-corrected chi connectivity index (χ1v) is 12.8. The quantitative estimate of drug-likeness (QED) is 0.303. The van der Waals surface area contributed by atoms with Crippen molar-refractivity contribution in [3.05, 3.63) is 22.0 Å². The molecule has 0 bridgehead atoms. The number of thioether (sulfide) groups is 2. The van der Waals surface area contributed by atoms with Gasteiger partial charge in [0.15, 0.2) is 10.3 Å². The molecule has 0 fully saturated rings. The van der Waals surface area contributed by atoms with Gasteiger partial charge in [-0.25, -0.2) is 15.0 Å². The molecule has 0 aliphatic carbocycles. The number of thiophene rings is 1. The number of fused-ring (bicyclic) bond motifs is 3. The molecule has 3 aromatic rings. The molecule has 0 saturated carbocycles. The number of carbonyl (C=O) groups is 1. The predicted molar refractivity (Wildman–Crippen MR) is 122 cm³/mol. The highest BCUT2D eigenvalue weighted by atomic mass is 32.2. The van der Waals surface area contributed by atoms with Gasteiger partial charge in [-0.1, -0.05) is 37.4 Å².